The average Bonchev–Trinajstić information content (AvgIpc) is 3.02. The van der Waals surface area contributed by atoms with Crippen molar-refractivity contribution in [2.75, 3.05) is 13.2 Å². The Morgan fingerprint density at radius 2 is 1.35 bits per heavy atom. The van der Waals surface area contributed by atoms with Crippen molar-refractivity contribution in [3.63, 3.8) is 0 Å². The molecule has 12 nitrogen and oxygen atoms in total. The van der Waals surface area contributed by atoms with Crippen LogP contribution in [0, 0.1) is 11.8 Å². The van der Waals surface area contributed by atoms with Crippen LogP contribution in [0.2, 0.25) is 0 Å². The molecule has 0 aromatic carbocycles. The zero-order valence-corrected chi connectivity index (χ0v) is 17.7. The van der Waals surface area contributed by atoms with Gasteiger partial charge in [0.2, 0.25) is 0 Å². The maximum Gasteiger partial charge on any atom is 0.187 e. The van der Waals surface area contributed by atoms with E-state index in [1.807, 2.05) is 13.8 Å². The lowest BCUT2D eigenvalue weighted by atomic mass is 9.77. The van der Waals surface area contributed by atoms with E-state index in [1.165, 1.54) is 0 Å². The molecule has 0 spiro atoms. The molecule has 1 aliphatic carbocycles. The summed E-state index contributed by atoms with van der Waals surface area (Å²) < 4.78 is 23.0. The largest absolute Gasteiger partial charge is 0.394 e. The first-order valence-electron chi connectivity index (χ1n) is 10.7. The van der Waals surface area contributed by atoms with Crippen LogP contribution in [0.3, 0.4) is 0 Å². The van der Waals surface area contributed by atoms with E-state index in [9.17, 15) is 30.6 Å². The van der Waals surface area contributed by atoms with Gasteiger partial charge >= 0.3 is 0 Å². The fourth-order valence-corrected chi connectivity index (χ4v) is 4.63. The van der Waals surface area contributed by atoms with Gasteiger partial charge in [0.25, 0.3) is 0 Å². The molecule has 182 valence electrons. The van der Waals surface area contributed by atoms with Gasteiger partial charge in [-0.3, -0.25) is 0 Å². The van der Waals surface area contributed by atoms with E-state index in [-0.39, 0.29) is 18.4 Å². The van der Waals surface area contributed by atoms with Crippen LogP contribution in [0.4, 0.5) is 0 Å². The van der Waals surface area contributed by atoms with Gasteiger partial charge in [-0.05, 0) is 18.3 Å². The van der Waals surface area contributed by atoms with Crippen molar-refractivity contribution >= 4 is 0 Å². The van der Waals surface area contributed by atoms with E-state index in [2.05, 4.69) is 0 Å². The zero-order chi connectivity index (χ0) is 23.0. The number of hydrogen-bond acceptors (Lipinski definition) is 12. The third-order valence-electron chi connectivity index (χ3n) is 6.61. The Labute approximate surface area is 180 Å². The van der Waals surface area contributed by atoms with Crippen molar-refractivity contribution < 1.29 is 49.6 Å². The van der Waals surface area contributed by atoms with Crippen LogP contribution in [0.5, 0.6) is 0 Å². The molecular weight excluding hydrogens is 416 g/mol. The van der Waals surface area contributed by atoms with E-state index in [4.69, 9.17) is 30.4 Å². The van der Waals surface area contributed by atoms with Gasteiger partial charge in [-0.2, -0.15) is 0 Å². The van der Waals surface area contributed by atoms with E-state index < -0.39 is 80.2 Å². The van der Waals surface area contributed by atoms with Crippen molar-refractivity contribution in [1.29, 1.82) is 0 Å². The fourth-order valence-electron chi connectivity index (χ4n) is 4.63. The molecule has 0 aromatic heterocycles. The van der Waals surface area contributed by atoms with E-state index in [0.29, 0.717) is 6.42 Å². The standard InChI is InChI=1S/C19H36N2O10/c1-6-3-7(2)16(30-18-10(21)14(26)13(25)9(5-22)29-18)17(11(6)23)31-19-15(27)12(24)8(4-20)28-19/h6-19,22-27H,3-5,20-21H2,1-2H3/t6-,7?,8-,9?,10?,11-,12?,13-,14?,15+,16-,17?,18-,19+/m1/s1. The summed E-state index contributed by atoms with van der Waals surface area (Å²) in [7, 11) is 0. The number of aliphatic hydroxyl groups excluding tert-OH is 6. The van der Waals surface area contributed by atoms with Gasteiger partial charge in [0.1, 0.15) is 42.7 Å². The average molecular weight is 453 g/mol. The van der Waals surface area contributed by atoms with Gasteiger partial charge in [-0.15, -0.1) is 0 Å². The molecule has 1 saturated carbocycles. The molecule has 3 rings (SSSR count). The Morgan fingerprint density at radius 1 is 0.774 bits per heavy atom. The smallest absolute Gasteiger partial charge is 0.187 e. The number of hydrogen-bond donors (Lipinski definition) is 8. The topological polar surface area (TPSA) is 210 Å². The third kappa shape index (κ3) is 4.90. The molecule has 14 atom stereocenters. The fraction of sp³-hybridized carbons (Fsp3) is 1.00. The lowest BCUT2D eigenvalue weighted by Crippen LogP contribution is -2.64. The first kappa shape index (κ1) is 25.1. The Kier molecular flexibility index (Phi) is 8.27. The highest BCUT2D eigenvalue weighted by atomic mass is 16.7. The summed E-state index contributed by atoms with van der Waals surface area (Å²) >= 11 is 0. The second-order valence-corrected chi connectivity index (χ2v) is 8.93. The summed E-state index contributed by atoms with van der Waals surface area (Å²) in [6.45, 7) is 3.16. The van der Waals surface area contributed by atoms with E-state index >= 15 is 0 Å². The quantitative estimate of drug-likeness (QED) is 0.194. The lowest BCUT2D eigenvalue weighted by molar-refractivity contribution is -0.316. The normalized spacial score (nSPS) is 53.6. The molecule has 2 aliphatic heterocycles. The molecule has 2 heterocycles. The summed E-state index contributed by atoms with van der Waals surface area (Å²) in [5.41, 5.74) is 11.5. The molecule has 0 bridgehead atoms. The van der Waals surface area contributed by atoms with Gasteiger partial charge < -0.3 is 61.1 Å². The molecule has 0 radical (unpaired) electrons. The molecule has 3 fully saturated rings. The van der Waals surface area contributed by atoms with Gasteiger partial charge in [0.15, 0.2) is 12.6 Å². The Balaban J connectivity index is 1.78. The highest BCUT2D eigenvalue weighted by Gasteiger charge is 2.51. The molecule has 2 saturated heterocycles. The highest BCUT2D eigenvalue weighted by molar-refractivity contribution is 4.97. The molecular formula is C19H36N2O10. The minimum absolute atomic E-state index is 0.0223. The molecule has 31 heavy (non-hydrogen) atoms. The number of rotatable bonds is 6. The molecule has 3 aliphatic rings. The van der Waals surface area contributed by atoms with Crippen molar-refractivity contribution in [2.45, 2.75) is 93.8 Å². The first-order valence-corrected chi connectivity index (χ1v) is 10.7. The maximum absolute atomic E-state index is 10.8. The van der Waals surface area contributed by atoms with Gasteiger partial charge in [-0.25, -0.2) is 0 Å². The molecule has 0 aromatic rings. The van der Waals surface area contributed by atoms with Gasteiger partial charge in [0.05, 0.1) is 24.9 Å². The summed E-state index contributed by atoms with van der Waals surface area (Å²) in [5, 5.41) is 60.8. The highest BCUT2D eigenvalue weighted by Crippen LogP contribution is 2.37. The van der Waals surface area contributed by atoms with Crippen LogP contribution in [-0.2, 0) is 18.9 Å². The first-order chi connectivity index (χ1) is 14.6. The Morgan fingerprint density at radius 3 is 1.94 bits per heavy atom. The van der Waals surface area contributed by atoms with Gasteiger partial charge in [0, 0.05) is 6.54 Å². The predicted octanol–water partition coefficient (Wildman–Crippen LogP) is -4.03. The maximum atomic E-state index is 10.8. The molecule has 0 amide bonds. The van der Waals surface area contributed by atoms with E-state index in [1.54, 1.807) is 0 Å². The SMILES string of the molecule is CC1C[C@@H](C)[C@@H](O)C(O[C@@H]2O[C@H](CN)C(O)[C@@H]2O)[C@@H]1O[C@H]1OC(CO)[C@@H](O)C(O)C1N. The van der Waals surface area contributed by atoms with Crippen molar-refractivity contribution in [1.82, 2.24) is 0 Å². The van der Waals surface area contributed by atoms with Crippen molar-refractivity contribution in [3.05, 3.63) is 0 Å². The second-order valence-electron chi connectivity index (χ2n) is 8.93. The monoisotopic (exact) mass is 452 g/mol. The molecule has 6 unspecified atom stereocenters. The number of nitrogens with two attached hydrogens (primary N) is 2. The summed E-state index contributed by atoms with van der Waals surface area (Å²) in [6, 6.07) is -1.11. The van der Waals surface area contributed by atoms with Crippen LogP contribution < -0.4 is 11.5 Å². The van der Waals surface area contributed by atoms with Crippen LogP contribution >= 0.6 is 0 Å². The minimum atomic E-state index is -1.39. The number of aliphatic hydroxyl groups is 6. The van der Waals surface area contributed by atoms with E-state index in [0.717, 1.165) is 0 Å². The summed E-state index contributed by atoms with van der Waals surface area (Å²) in [6.07, 6.45) is -11.9. The van der Waals surface area contributed by atoms with Crippen molar-refractivity contribution in [3.8, 4) is 0 Å². The Hall–Kier alpha value is -0.480. The lowest BCUT2D eigenvalue weighted by Gasteiger charge is -2.47. The number of ether oxygens (including phenoxy) is 4. The van der Waals surface area contributed by atoms with Crippen LogP contribution in [-0.4, -0.2) is 117 Å². The zero-order valence-electron chi connectivity index (χ0n) is 17.7. The molecule has 12 heteroatoms. The second kappa shape index (κ2) is 10.2. The van der Waals surface area contributed by atoms with Crippen LogP contribution in [0.15, 0.2) is 0 Å². The van der Waals surface area contributed by atoms with Gasteiger partial charge in [-0.1, -0.05) is 13.8 Å². The van der Waals surface area contributed by atoms with Crippen LogP contribution in [0.1, 0.15) is 20.3 Å². The molecule has 10 N–H and O–H groups in total. The summed E-state index contributed by atoms with van der Waals surface area (Å²) in [5.74, 6) is -0.309. The van der Waals surface area contributed by atoms with Crippen molar-refractivity contribution in [2.24, 2.45) is 23.3 Å². The Bertz CT molecular complexity index is 586. The predicted molar refractivity (Wildman–Crippen MR) is 104 cm³/mol. The minimum Gasteiger partial charge on any atom is -0.394 e. The summed E-state index contributed by atoms with van der Waals surface area (Å²) in [4.78, 5) is 0. The third-order valence-corrected chi connectivity index (χ3v) is 6.61. The van der Waals surface area contributed by atoms with Crippen LogP contribution in [0.25, 0.3) is 0 Å².